The van der Waals surface area contributed by atoms with Crippen molar-refractivity contribution in [2.24, 2.45) is 0 Å². The summed E-state index contributed by atoms with van der Waals surface area (Å²) in [5.41, 5.74) is 0.108. The van der Waals surface area contributed by atoms with Crippen LogP contribution in [-0.4, -0.2) is 16.3 Å². The molecule has 0 bridgehead atoms. The van der Waals surface area contributed by atoms with Crippen LogP contribution in [0.1, 0.15) is 10.4 Å². The smallest absolute Gasteiger partial charge is 0.312 e. The lowest BCUT2D eigenvalue weighted by Crippen LogP contribution is -1.93. The molecule has 0 unspecified atom stereocenters. The molecule has 0 atom stereocenters. The lowest BCUT2D eigenvalue weighted by Gasteiger charge is -2.05. The van der Waals surface area contributed by atoms with E-state index in [9.17, 15) is 24.4 Å². The van der Waals surface area contributed by atoms with E-state index in [1.165, 1.54) is 30.3 Å². The molecule has 0 amide bonds. The Balaban J connectivity index is 2.64. The van der Waals surface area contributed by atoms with Crippen molar-refractivity contribution in [1.29, 1.82) is 0 Å². The molecule has 0 aromatic heterocycles. The molecule has 0 radical (unpaired) electrons. The molecule has 2 rings (SSSR count). The maximum Gasteiger partial charge on any atom is 0.312 e. The van der Waals surface area contributed by atoms with Crippen molar-refractivity contribution in [1.82, 2.24) is 0 Å². The van der Waals surface area contributed by atoms with E-state index in [4.69, 9.17) is 0 Å². The second kappa shape index (κ2) is 4.85. The third kappa shape index (κ3) is 2.42. The number of nitrogens with zero attached hydrogens (tertiary/aromatic N) is 1. The number of hydrogen-bond acceptors (Lipinski definition) is 4. The Morgan fingerprint density at radius 1 is 1.16 bits per heavy atom. The third-order valence-corrected chi connectivity index (χ3v) is 2.62. The molecule has 0 saturated carbocycles. The highest BCUT2D eigenvalue weighted by atomic mass is 19.1. The summed E-state index contributed by atoms with van der Waals surface area (Å²) in [7, 11) is 0. The molecule has 2 aromatic carbocycles. The Morgan fingerprint density at radius 3 is 2.32 bits per heavy atom. The van der Waals surface area contributed by atoms with Gasteiger partial charge < -0.3 is 5.11 Å². The van der Waals surface area contributed by atoms with E-state index in [0.717, 1.165) is 6.07 Å². The number of rotatable bonds is 3. The summed E-state index contributed by atoms with van der Waals surface area (Å²) in [5, 5.41) is 20.3. The molecular formula is C13H8FNO4. The van der Waals surface area contributed by atoms with Crippen LogP contribution >= 0.6 is 0 Å². The van der Waals surface area contributed by atoms with Crippen LogP contribution in [0, 0.1) is 15.9 Å². The molecule has 96 valence electrons. The Kier molecular flexibility index (Phi) is 3.24. The monoisotopic (exact) mass is 261 g/mol. The normalized spacial score (nSPS) is 10.2. The van der Waals surface area contributed by atoms with E-state index >= 15 is 0 Å². The van der Waals surface area contributed by atoms with Crippen LogP contribution < -0.4 is 0 Å². The average Bonchev–Trinajstić information content (AvgIpc) is 2.39. The van der Waals surface area contributed by atoms with Crippen molar-refractivity contribution < 1.29 is 19.2 Å². The zero-order chi connectivity index (χ0) is 14.0. The Morgan fingerprint density at radius 2 is 1.79 bits per heavy atom. The largest absolute Gasteiger partial charge is 0.502 e. The maximum atomic E-state index is 12.8. The van der Waals surface area contributed by atoms with E-state index < -0.39 is 22.2 Å². The highest BCUT2D eigenvalue weighted by Gasteiger charge is 2.19. The number of phenolic OH excluding ortho intramolecular Hbond substituents is 1. The van der Waals surface area contributed by atoms with E-state index in [1.54, 1.807) is 0 Å². The molecule has 5 nitrogen and oxygen atoms in total. The molecule has 0 spiro atoms. The fraction of sp³-hybridized carbons (Fsp3) is 0. The first-order chi connectivity index (χ1) is 9.02. The van der Waals surface area contributed by atoms with Crippen LogP contribution in [-0.2, 0) is 0 Å². The van der Waals surface area contributed by atoms with Gasteiger partial charge in [-0.25, -0.2) is 4.39 Å². The second-order valence-corrected chi connectivity index (χ2v) is 3.82. The van der Waals surface area contributed by atoms with Gasteiger partial charge in [-0.05, 0) is 29.3 Å². The predicted octanol–water partition coefficient (Wildman–Crippen LogP) is 2.92. The van der Waals surface area contributed by atoms with Gasteiger partial charge in [0, 0.05) is 6.07 Å². The first-order valence-electron chi connectivity index (χ1n) is 5.25. The van der Waals surface area contributed by atoms with Crippen molar-refractivity contribution in [2.75, 3.05) is 0 Å². The van der Waals surface area contributed by atoms with Gasteiger partial charge in [-0.15, -0.1) is 0 Å². The van der Waals surface area contributed by atoms with Crippen molar-refractivity contribution in [2.45, 2.75) is 0 Å². The van der Waals surface area contributed by atoms with Gasteiger partial charge >= 0.3 is 5.69 Å². The zero-order valence-electron chi connectivity index (χ0n) is 9.54. The number of nitro groups is 1. The summed E-state index contributed by atoms with van der Waals surface area (Å²) in [5.74, 6) is -1.11. The van der Waals surface area contributed by atoms with Crippen LogP contribution in [0.25, 0.3) is 11.1 Å². The second-order valence-electron chi connectivity index (χ2n) is 3.82. The summed E-state index contributed by atoms with van der Waals surface area (Å²) in [6, 6.07) is 7.71. The highest BCUT2D eigenvalue weighted by molar-refractivity contribution is 5.86. The number of benzene rings is 2. The summed E-state index contributed by atoms with van der Waals surface area (Å²) in [6.07, 6.45) is 0.329. The number of carbonyl (C=O) groups is 1. The summed E-state index contributed by atoms with van der Waals surface area (Å²) < 4.78 is 12.8. The molecule has 19 heavy (non-hydrogen) atoms. The van der Waals surface area contributed by atoms with Crippen molar-refractivity contribution in [3.8, 4) is 16.9 Å². The van der Waals surface area contributed by atoms with Crippen LogP contribution in [0.2, 0.25) is 0 Å². The topological polar surface area (TPSA) is 80.4 Å². The van der Waals surface area contributed by atoms with E-state index in [2.05, 4.69) is 0 Å². The van der Waals surface area contributed by atoms with Crippen molar-refractivity contribution >= 4 is 12.0 Å². The first kappa shape index (κ1) is 12.7. The quantitative estimate of drug-likeness (QED) is 0.523. The van der Waals surface area contributed by atoms with Gasteiger partial charge in [-0.2, -0.15) is 0 Å². The van der Waals surface area contributed by atoms with E-state index in [-0.39, 0.29) is 5.56 Å². The van der Waals surface area contributed by atoms with Gasteiger partial charge in [0.1, 0.15) is 5.82 Å². The molecule has 0 aliphatic rings. The SMILES string of the molecule is O=Cc1cc(-c2ccc(F)cc2)cc([N+](=O)[O-])c1O. The highest BCUT2D eigenvalue weighted by Crippen LogP contribution is 2.34. The number of phenols is 1. The molecule has 6 heteroatoms. The number of hydrogen-bond donors (Lipinski definition) is 1. The molecular weight excluding hydrogens is 253 g/mol. The van der Waals surface area contributed by atoms with Crippen molar-refractivity contribution in [3.05, 3.63) is 57.9 Å². The van der Waals surface area contributed by atoms with Crippen LogP contribution in [0.3, 0.4) is 0 Å². The third-order valence-electron chi connectivity index (χ3n) is 2.62. The summed E-state index contributed by atoms with van der Waals surface area (Å²) in [4.78, 5) is 20.8. The molecule has 0 heterocycles. The lowest BCUT2D eigenvalue weighted by atomic mass is 10.0. The first-order valence-corrected chi connectivity index (χ1v) is 5.25. The molecule has 2 aromatic rings. The molecule has 0 aliphatic heterocycles. The number of nitro benzene ring substituents is 1. The molecule has 0 aliphatic carbocycles. The summed E-state index contributed by atoms with van der Waals surface area (Å²) >= 11 is 0. The van der Waals surface area contributed by atoms with Gasteiger partial charge in [0.15, 0.2) is 6.29 Å². The number of aldehydes is 1. The van der Waals surface area contributed by atoms with E-state index in [0.29, 0.717) is 17.4 Å². The van der Waals surface area contributed by atoms with Gasteiger partial charge in [0.2, 0.25) is 5.75 Å². The van der Waals surface area contributed by atoms with Gasteiger partial charge in [-0.1, -0.05) is 12.1 Å². The van der Waals surface area contributed by atoms with Gasteiger partial charge in [0.05, 0.1) is 10.5 Å². The predicted molar refractivity (Wildman–Crippen MR) is 65.5 cm³/mol. The number of carbonyl (C=O) groups excluding carboxylic acids is 1. The van der Waals surface area contributed by atoms with E-state index in [1.807, 2.05) is 0 Å². The minimum atomic E-state index is -0.782. The zero-order valence-corrected chi connectivity index (χ0v) is 9.54. The van der Waals surface area contributed by atoms with Gasteiger partial charge in [0.25, 0.3) is 0 Å². The number of halogens is 1. The molecule has 1 N–H and O–H groups in total. The Bertz CT molecular complexity index is 652. The standard InChI is InChI=1S/C13H8FNO4/c14-11-3-1-8(2-4-11)9-5-10(7-16)13(17)12(6-9)15(18)19/h1-7,17H. The average molecular weight is 261 g/mol. The Labute approximate surface area is 107 Å². The molecule has 0 fully saturated rings. The lowest BCUT2D eigenvalue weighted by molar-refractivity contribution is -0.385. The fourth-order valence-electron chi connectivity index (χ4n) is 1.68. The number of aromatic hydroxyl groups is 1. The van der Waals surface area contributed by atoms with Crippen LogP contribution in [0.5, 0.6) is 5.75 Å². The van der Waals surface area contributed by atoms with Crippen molar-refractivity contribution in [3.63, 3.8) is 0 Å². The molecule has 0 saturated heterocycles. The minimum absolute atomic E-state index is 0.187. The van der Waals surface area contributed by atoms with Gasteiger partial charge in [-0.3, -0.25) is 14.9 Å². The summed E-state index contributed by atoms with van der Waals surface area (Å²) in [6.45, 7) is 0. The Hall–Kier alpha value is -2.76. The maximum absolute atomic E-state index is 12.8. The van der Waals surface area contributed by atoms with Crippen LogP contribution in [0.15, 0.2) is 36.4 Å². The fourth-order valence-corrected chi connectivity index (χ4v) is 1.68. The van der Waals surface area contributed by atoms with Crippen LogP contribution in [0.4, 0.5) is 10.1 Å². The minimum Gasteiger partial charge on any atom is -0.502 e.